The molecule has 0 aliphatic carbocycles. The molecule has 0 spiro atoms. The number of benzene rings is 2. The highest BCUT2D eigenvalue weighted by Crippen LogP contribution is 2.36. The molecule has 0 bridgehead atoms. The first-order valence-electron chi connectivity index (χ1n) is 7.33. The van der Waals surface area contributed by atoms with Crippen molar-refractivity contribution in [1.82, 2.24) is 4.98 Å². The molecule has 4 nitrogen and oxygen atoms in total. The zero-order chi connectivity index (χ0) is 15.6. The first-order valence-corrected chi connectivity index (χ1v) is 8.21. The lowest BCUT2D eigenvalue weighted by molar-refractivity contribution is 0.171. The molecular formula is C18H15NO3S. The molecule has 1 aliphatic heterocycles. The van der Waals surface area contributed by atoms with E-state index in [0.29, 0.717) is 13.2 Å². The van der Waals surface area contributed by atoms with Crippen LogP contribution in [-0.2, 0) is 0 Å². The van der Waals surface area contributed by atoms with Crippen LogP contribution in [0.4, 0.5) is 0 Å². The summed E-state index contributed by atoms with van der Waals surface area (Å²) in [5, 5.41) is 3.04. The fourth-order valence-electron chi connectivity index (χ4n) is 2.48. The topological polar surface area (TPSA) is 40.6 Å². The van der Waals surface area contributed by atoms with E-state index in [4.69, 9.17) is 19.2 Å². The Labute approximate surface area is 138 Å². The molecule has 0 unspecified atom stereocenters. The maximum Gasteiger partial charge on any atom is 0.162 e. The predicted octanol–water partition coefficient (Wildman–Crippen LogP) is 4.26. The lowest BCUT2D eigenvalue weighted by Crippen LogP contribution is -2.15. The summed E-state index contributed by atoms with van der Waals surface area (Å²) in [4.78, 5) is 4.74. The Morgan fingerprint density at radius 2 is 1.70 bits per heavy atom. The summed E-state index contributed by atoms with van der Waals surface area (Å²) in [5.41, 5.74) is 3.06. The van der Waals surface area contributed by atoms with Gasteiger partial charge in [0.15, 0.2) is 11.5 Å². The van der Waals surface area contributed by atoms with Crippen molar-refractivity contribution >= 4 is 11.3 Å². The van der Waals surface area contributed by atoms with Crippen LogP contribution in [0, 0.1) is 0 Å². The van der Waals surface area contributed by atoms with Crippen molar-refractivity contribution in [3.63, 3.8) is 0 Å². The molecule has 0 fully saturated rings. The molecule has 2 aromatic carbocycles. The highest BCUT2D eigenvalue weighted by Gasteiger charge is 2.14. The van der Waals surface area contributed by atoms with Gasteiger partial charge in [0.2, 0.25) is 0 Å². The first-order chi connectivity index (χ1) is 11.3. The molecule has 5 heteroatoms. The van der Waals surface area contributed by atoms with Crippen LogP contribution < -0.4 is 14.2 Å². The number of ether oxygens (including phenoxy) is 3. The van der Waals surface area contributed by atoms with Gasteiger partial charge < -0.3 is 14.2 Å². The second-order valence-electron chi connectivity index (χ2n) is 5.12. The van der Waals surface area contributed by atoms with Gasteiger partial charge in [-0.1, -0.05) is 0 Å². The summed E-state index contributed by atoms with van der Waals surface area (Å²) in [7, 11) is 1.67. The van der Waals surface area contributed by atoms with Gasteiger partial charge in [0.25, 0.3) is 0 Å². The summed E-state index contributed by atoms with van der Waals surface area (Å²) in [6, 6.07) is 13.9. The van der Waals surface area contributed by atoms with Gasteiger partial charge in [0, 0.05) is 16.5 Å². The van der Waals surface area contributed by atoms with Crippen molar-refractivity contribution < 1.29 is 14.2 Å². The highest BCUT2D eigenvalue weighted by molar-refractivity contribution is 7.13. The van der Waals surface area contributed by atoms with Crippen LogP contribution in [0.3, 0.4) is 0 Å². The van der Waals surface area contributed by atoms with E-state index < -0.39 is 0 Å². The van der Waals surface area contributed by atoms with Gasteiger partial charge >= 0.3 is 0 Å². The van der Waals surface area contributed by atoms with Crippen LogP contribution in [0.5, 0.6) is 17.2 Å². The SMILES string of the molecule is COc1ccc(-c2nc(-c3ccc4c(c3)OCCO4)cs2)cc1. The van der Waals surface area contributed by atoms with Crippen LogP contribution in [0.15, 0.2) is 47.8 Å². The van der Waals surface area contributed by atoms with E-state index in [1.807, 2.05) is 42.5 Å². The van der Waals surface area contributed by atoms with E-state index in [1.54, 1.807) is 18.4 Å². The maximum absolute atomic E-state index is 5.64. The Balaban J connectivity index is 1.64. The number of methoxy groups -OCH3 is 1. The second-order valence-corrected chi connectivity index (χ2v) is 5.98. The molecule has 0 saturated carbocycles. The van der Waals surface area contributed by atoms with Crippen molar-refractivity contribution in [3.8, 4) is 39.1 Å². The van der Waals surface area contributed by atoms with Crippen LogP contribution in [0.2, 0.25) is 0 Å². The van der Waals surface area contributed by atoms with Gasteiger partial charge in [-0.25, -0.2) is 4.98 Å². The van der Waals surface area contributed by atoms with Crippen molar-refractivity contribution in [2.75, 3.05) is 20.3 Å². The van der Waals surface area contributed by atoms with Gasteiger partial charge in [-0.2, -0.15) is 0 Å². The third-order valence-electron chi connectivity index (χ3n) is 3.68. The minimum Gasteiger partial charge on any atom is -0.497 e. The van der Waals surface area contributed by atoms with Crippen LogP contribution in [0.1, 0.15) is 0 Å². The molecule has 2 heterocycles. The molecule has 3 aromatic rings. The summed E-state index contributed by atoms with van der Waals surface area (Å²) >= 11 is 1.62. The third-order valence-corrected chi connectivity index (χ3v) is 4.57. The van der Waals surface area contributed by atoms with E-state index in [1.165, 1.54) is 0 Å². The Hall–Kier alpha value is -2.53. The Bertz CT molecular complexity index is 827. The zero-order valence-corrected chi connectivity index (χ0v) is 13.4. The van der Waals surface area contributed by atoms with Gasteiger partial charge in [-0.3, -0.25) is 0 Å². The molecule has 1 aliphatic rings. The average Bonchev–Trinajstić information content (AvgIpc) is 3.11. The number of aromatic nitrogens is 1. The number of hydrogen-bond acceptors (Lipinski definition) is 5. The summed E-state index contributed by atoms with van der Waals surface area (Å²) < 4.78 is 16.4. The predicted molar refractivity (Wildman–Crippen MR) is 90.5 cm³/mol. The molecule has 0 amide bonds. The molecule has 0 saturated heterocycles. The maximum atomic E-state index is 5.64. The number of thiazole rings is 1. The molecule has 4 rings (SSSR count). The molecule has 0 atom stereocenters. The van der Waals surface area contributed by atoms with Crippen LogP contribution in [-0.4, -0.2) is 25.3 Å². The quantitative estimate of drug-likeness (QED) is 0.721. The lowest BCUT2D eigenvalue weighted by atomic mass is 10.1. The van der Waals surface area contributed by atoms with Crippen molar-refractivity contribution in [1.29, 1.82) is 0 Å². The Morgan fingerprint density at radius 1 is 0.957 bits per heavy atom. The van der Waals surface area contributed by atoms with Gasteiger partial charge in [0.05, 0.1) is 12.8 Å². The molecular weight excluding hydrogens is 310 g/mol. The van der Waals surface area contributed by atoms with Crippen molar-refractivity contribution in [2.45, 2.75) is 0 Å². The fourth-order valence-corrected chi connectivity index (χ4v) is 3.31. The van der Waals surface area contributed by atoms with Gasteiger partial charge in [-0.05, 0) is 42.5 Å². The second kappa shape index (κ2) is 5.93. The van der Waals surface area contributed by atoms with E-state index in [0.717, 1.165) is 39.1 Å². The smallest absolute Gasteiger partial charge is 0.162 e. The zero-order valence-electron chi connectivity index (χ0n) is 12.6. The fraction of sp³-hybridized carbons (Fsp3) is 0.167. The molecule has 0 N–H and O–H groups in total. The first kappa shape index (κ1) is 14.1. The number of rotatable bonds is 3. The molecule has 0 radical (unpaired) electrons. The van der Waals surface area contributed by atoms with Gasteiger partial charge in [-0.15, -0.1) is 11.3 Å². The van der Waals surface area contributed by atoms with Crippen LogP contribution >= 0.6 is 11.3 Å². The van der Waals surface area contributed by atoms with E-state index in [-0.39, 0.29) is 0 Å². The average molecular weight is 325 g/mol. The minimum absolute atomic E-state index is 0.588. The van der Waals surface area contributed by atoms with E-state index in [2.05, 4.69) is 5.38 Å². The Kier molecular flexibility index (Phi) is 3.63. The van der Waals surface area contributed by atoms with E-state index >= 15 is 0 Å². The number of nitrogens with zero attached hydrogens (tertiary/aromatic N) is 1. The summed E-state index contributed by atoms with van der Waals surface area (Å²) in [6.07, 6.45) is 0. The van der Waals surface area contributed by atoms with Crippen molar-refractivity contribution in [2.24, 2.45) is 0 Å². The van der Waals surface area contributed by atoms with Crippen LogP contribution in [0.25, 0.3) is 21.8 Å². The standard InChI is InChI=1S/C18H15NO3S/c1-20-14-5-2-12(3-6-14)18-19-15(11-23-18)13-4-7-16-17(10-13)22-9-8-21-16/h2-7,10-11H,8-9H2,1H3. The van der Waals surface area contributed by atoms with Gasteiger partial charge in [0.1, 0.15) is 24.0 Å². The minimum atomic E-state index is 0.588. The Morgan fingerprint density at radius 3 is 2.48 bits per heavy atom. The van der Waals surface area contributed by atoms with Crippen molar-refractivity contribution in [3.05, 3.63) is 47.8 Å². The largest absolute Gasteiger partial charge is 0.497 e. The number of hydrogen-bond donors (Lipinski definition) is 0. The summed E-state index contributed by atoms with van der Waals surface area (Å²) in [6.45, 7) is 1.19. The molecule has 1 aromatic heterocycles. The van der Waals surface area contributed by atoms with E-state index in [9.17, 15) is 0 Å². The molecule has 116 valence electrons. The number of fused-ring (bicyclic) bond motifs is 1. The summed E-state index contributed by atoms with van der Waals surface area (Å²) in [5.74, 6) is 2.43. The lowest BCUT2D eigenvalue weighted by Gasteiger charge is -2.18. The highest BCUT2D eigenvalue weighted by atomic mass is 32.1. The monoisotopic (exact) mass is 325 g/mol. The normalized spacial score (nSPS) is 12.9. The third kappa shape index (κ3) is 2.75. The molecule has 23 heavy (non-hydrogen) atoms.